The third-order valence-electron chi connectivity index (χ3n) is 5.25. The predicted octanol–water partition coefficient (Wildman–Crippen LogP) is 4.93. The molecular formula is C20H19F6N5O2. The van der Waals surface area contributed by atoms with Crippen LogP contribution in [0.15, 0.2) is 22.7 Å². The molecule has 1 amide bonds. The van der Waals surface area contributed by atoms with Crippen LogP contribution >= 0.6 is 0 Å². The maximum Gasteiger partial charge on any atom is 0.407 e. The van der Waals surface area contributed by atoms with E-state index in [-0.39, 0.29) is 29.2 Å². The van der Waals surface area contributed by atoms with Gasteiger partial charge >= 0.3 is 12.4 Å². The molecule has 0 bridgehead atoms. The zero-order valence-electron chi connectivity index (χ0n) is 17.4. The predicted molar refractivity (Wildman–Crippen MR) is 103 cm³/mol. The SMILES string of the molecule is [C-]#[N+]c1ccc(N(Cc2noc(C3CCN(C(C)=O)CC3)n2)CC(F)(F)F)cc1C(F)(F)F. The van der Waals surface area contributed by atoms with Gasteiger partial charge in [0.1, 0.15) is 6.54 Å². The zero-order valence-corrected chi connectivity index (χ0v) is 17.4. The Hall–Kier alpha value is -3.30. The topological polar surface area (TPSA) is 66.8 Å². The van der Waals surface area contributed by atoms with Crippen LogP contribution in [0.1, 0.15) is 43.0 Å². The molecule has 0 aliphatic carbocycles. The highest BCUT2D eigenvalue weighted by atomic mass is 19.4. The van der Waals surface area contributed by atoms with Crippen molar-refractivity contribution in [2.45, 2.75) is 44.6 Å². The van der Waals surface area contributed by atoms with E-state index in [0.29, 0.717) is 36.9 Å². The third-order valence-corrected chi connectivity index (χ3v) is 5.25. The van der Waals surface area contributed by atoms with Crippen LogP contribution in [0.2, 0.25) is 0 Å². The van der Waals surface area contributed by atoms with E-state index < -0.39 is 36.7 Å². The Bertz CT molecular complexity index is 1030. The summed E-state index contributed by atoms with van der Waals surface area (Å²) >= 11 is 0. The average Bonchev–Trinajstić information content (AvgIpc) is 3.20. The summed E-state index contributed by atoms with van der Waals surface area (Å²) < 4.78 is 84.5. The Balaban J connectivity index is 1.83. The number of aromatic nitrogens is 2. The lowest BCUT2D eigenvalue weighted by molar-refractivity contribution is -0.136. The molecule has 0 unspecified atom stereocenters. The van der Waals surface area contributed by atoms with Crippen LogP contribution in [-0.2, 0) is 17.5 Å². The number of carbonyl (C=O) groups excluding carboxylic acids is 1. The van der Waals surface area contributed by atoms with Crippen molar-refractivity contribution in [3.63, 3.8) is 0 Å². The number of carbonyl (C=O) groups is 1. The van der Waals surface area contributed by atoms with Crippen molar-refractivity contribution >= 4 is 17.3 Å². The first-order valence-corrected chi connectivity index (χ1v) is 9.86. The number of nitrogens with zero attached hydrogens (tertiary/aromatic N) is 5. The number of anilines is 1. The molecule has 0 spiro atoms. The van der Waals surface area contributed by atoms with Crippen LogP contribution in [0.5, 0.6) is 0 Å². The molecule has 1 aromatic carbocycles. The zero-order chi connectivity index (χ0) is 24.4. The smallest absolute Gasteiger partial charge is 0.355 e. The average molecular weight is 475 g/mol. The van der Waals surface area contributed by atoms with E-state index in [4.69, 9.17) is 11.1 Å². The van der Waals surface area contributed by atoms with Crippen LogP contribution in [0.4, 0.5) is 37.7 Å². The summed E-state index contributed by atoms with van der Waals surface area (Å²) in [6.07, 6.45) is -8.54. The summed E-state index contributed by atoms with van der Waals surface area (Å²) in [5, 5.41) is 3.70. The van der Waals surface area contributed by atoms with E-state index in [0.717, 1.165) is 12.1 Å². The van der Waals surface area contributed by atoms with E-state index in [1.54, 1.807) is 4.90 Å². The molecule has 1 aromatic heterocycles. The van der Waals surface area contributed by atoms with Gasteiger partial charge in [0.15, 0.2) is 11.5 Å². The molecule has 2 aromatic rings. The van der Waals surface area contributed by atoms with Crippen molar-refractivity contribution in [3.8, 4) is 0 Å². The Morgan fingerprint density at radius 3 is 2.45 bits per heavy atom. The molecule has 7 nitrogen and oxygen atoms in total. The minimum atomic E-state index is -4.91. The Morgan fingerprint density at radius 2 is 1.91 bits per heavy atom. The van der Waals surface area contributed by atoms with Crippen molar-refractivity contribution in [3.05, 3.63) is 46.9 Å². The van der Waals surface area contributed by atoms with Crippen LogP contribution in [-0.4, -0.2) is 46.8 Å². The lowest BCUT2D eigenvalue weighted by Gasteiger charge is -2.29. The number of hydrogen-bond donors (Lipinski definition) is 0. The molecule has 1 fully saturated rings. The fraction of sp³-hybridized carbons (Fsp3) is 0.500. The van der Waals surface area contributed by atoms with Crippen LogP contribution in [0.3, 0.4) is 0 Å². The molecular weight excluding hydrogens is 456 g/mol. The van der Waals surface area contributed by atoms with Gasteiger partial charge in [0.25, 0.3) is 0 Å². The van der Waals surface area contributed by atoms with Gasteiger partial charge < -0.3 is 14.3 Å². The highest BCUT2D eigenvalue weighted by Crippen LogP contribution is 2.39. The molecule has 0 radical (unpaired) electrons. The maximum atomic E-state index is 13.3. The minimum absolute atomic E-state index is 0.0649. The fourth-order valence-corrected chi connectivity index (χ4v) is 3.61. The fourth-order valence-electron chi connectivity index (χ4n) is 3.61. The van der Waals surface area contributed by atoms with Crippen molar-refractivity contribution in [2.24, 2.45) is 0 Å². The summed E-state index contributed by atoms with van der Waals surface area (Å²) in [5.41, 5.74) is -2.42. The lowest BCUT2D eigenvalue weighted by atomic mass is 9.97. The van der Waals surface area contributed by atoms with Crippen molar-refractivity contribution in [1.82, 2.24) is 15.0 Å². The van der Waals surface area contributed by atoms with Crippen LogP contribution < -0.4 is 4.90 Å². The van der Waals surface area contributed by atoms with Crippen LogP contribution in [0, 0.1) is 6.57 Å². The van der Waals surface area contributed by atoms with Gasteiger partial charge in [-0.1, -0.05) is 11.2 Å². The lowest BCUT2D eigenvalue weighted by Crippen LogP contribution is -2.36. The number of hydrogen-bond acceptors (Lipinski definition) is 5. The molecule has 13 heteroatoms. The van der Waals surface area contributed by atoms with E-state index in [9.17, 15) is 31.1 Å². The van der Waals surface area contributed by atoms with Gasteiger partial charge in [0, 0.05) is 31.6 Å². The Morgan fingerprint density at radius 1 is 1.24 bits per heavy atom. The van der Waals surface area contributed by atoms with Gasteiger partial charge in [-0.2, -0.15) is 31.3 Å². The summed E-state index contributed by atoms with van der Waals surface area (Å²) in [6, 6.07) is 2.36. The standard InChI is InChI=1S/C20H19F6N5O2/c1-12(32)30-7-5-13(6-8-30)18-28-17(29-33-18)10-31(11-19(21,22)23)14-3-4-16(27-2)15(9-14)20(24,25)26/h3-4,9,13H,5-8,10-11H2,1H3. The molecule has 2 heterocycles. The second-order valence-electron chi connectivity index (χ2n) is 7.61. The number of amides is 1. The molecule has 1 aliphatic rings. The second kappa shape index (κ2) is 9.29. The van der Waals surface area contributed by atoms with Gasteiger partial charge in [0.05, 0.1) is 18.7 Å². The Kier molecular flexibility index (Phi) is 6.85. The largest absolute Gasteiger partial charge is 0.407 e. The maximum absolute atomic E-state index is 13.3. The van der Waals surface area contributed by atoms with Gasteiger partial charge in [0.2, 0.25) is 11.8 Å². The summed E-state index contributed by atoms with van der Waals surface area (Å²) in [6.45, 7) is 7.18. The van der Waals surface area contributed by atoms with E-state index in [2.05, 4.69) is 15.0 Å². The van der Waals surface area contributed by atoms with Crippen molar-refractivity contribution in [2.75, 3.05) is 24.5 Å². The first kappa shape index (κ1) is 24.3. The highest BCUT2D eigenvalue weighted by Gasteiger charge is 2.36. The molecule has 0 N–H and O–H groups in total. The molecule has 0 saturated carbocycles. The molecule has 1 aliphatic heterocycles. The summed E-state index contributed by atoms with van der Waals surface area (Å²) in [5.74, 6) is -0.150. The first-order valence-electron chi connectivity index (χ1n) is 9.86. The Labute approximate surface area is 184 Å². The number of likely N-dealkylation sites (tertiary alicyclic amines) is 1. The third kappa shape index (κ3) is 6.15. The molecule has 0 atom stereocenters. The summed E-state index contributed by atoms with van der Waals surface area (Å²) in [7, 11) is 0. The molecule has 33 heavy (non-hydrogen) atoms. The minimum Gasteiger partial charge on any atom is -0.355 e. The van der Waals surface area contributed by atoms with E-state index in [1.807, 2.05) is 0 Å². The number of alkyl halides is 6. The van der Waals surface area contributed by atoms with Crippen molar-refractivity contribution in [1.29, 1.82) is 0 Å². The van der Waals surface area contributed by atoms with E-state index in [1.165, 1.54) is 6.92 Å². The first-order chi connectivity index (χ1) is 15.4. The summed E-state index contributed by atoms with van der Waals surface area (Å²) in [4.78, 5) is 20.7. The molecule has 3 rings (SSSR count). The number of halogens is 6. The van der Waals surface area contributed by atoms with Gasteiger partial charge in [-0.3, -0.25) is 4.79 Å². The number of rotatable bonds is 5. The normalized spacial score (nSPS) is 15.4. The van der Waals surface area contributed by atoms with Crippen molar-refractivity contribution < 1.29 is 35.7 Å². The van der Waals surface area contributed by atoms with Gasteiger partial charge in [-0.05, 0) is 25.0 Å². The monoisotopic (exact) mass is 475 g/mol. The second-order valence-corrected chi connectivity index (χ2v) is 7.61. The van der Waals surface area contributed by atoms with Gasteiger partial charge in [-0.15, -0.1) is 0 Å². The van der Waals surface area contributed by atoms with E-state index >= 15 is 0 Å². The molecule has 1 saturated heterocycles. The quantitative estimate of drug-likeness (QED) is 0.453. The number of benzene rings is 1. The number of piperidine rings is 1. The van der Waals surface area contributed by atoms with Gasteiger partial charge in [-0.25, -0.2) is 4.85 Å². The molecule has 178 valence electrons. The van der Waals surface area contributed by atoms with Crippen LogP contribution in [0.25, 0.3) is 4.85 Å². The highest BCUT2D eigenvalue weighted by molar-refractivity contribution is 5.73.